The largest absolute Gasteiger partial charge is 0.444 e. The molecule has 2 saturated heterocycles. The van der Waals surface area contributed by atoms with Crippen LogP contribution < -0.4 is 5.32 Å². The molecule has 0 bridgehead atoms. The lowest BCUT2D eigenvalue weighted by Gasteiger charge is -2.34. The lowest BCUT2D eigenvalue weighted by atomic mass is 10.0. The molecule has 0 saturated carbocycles. The Hall–Kier alpha value is -0.910. The Morgan fingerprint density at radius 2 is 1.86 bits per heavy atom. The summed E-state index contributed by atoms with van der Waals surface area (Å²) in [4.78, 5) is 25.6. The number of ether oxygens (including phenoxy) is 1. The molecule has 5 nitrogen and oxygen atoms in total. The lowest BCUT2D eigenvalue weighted by Crippen LogP contribution is -2.48. The van der Waals surface area contributed by atoms with E-state index in [2.05, 4.69) is 5.32 Å². The van der Waals surface area contributed by atoms with E-state index < -0.39 is 5.60 Å². The molecule has 2 fully saturated rings. The van der Waals surface area contributed by atoms with E-state index in [9.17, 15) is 9.59 Å². The summed E-state index contributed by atoms with van der Waals surface area (Å²) >= 11 is 1.90. The number of amides is 2. The number of carbonyl (C=O) groups excluding carboxylic acids is 2. The molecule has 2 aliphatic heterocycles. The van der Waals surface area contributed by atoms with Gasteiger partial charge in [-0.3, -0.25) is 4.79 Å². The SMILES string of the molecule is CC(C)(C)OC(=O)N1CCC(NC(=O)CC2CSC2)CC1. The standard InChI is InChI=1S/C15H26N2O3S/c1-15(2,3)20-14(19)17-6-4-12(5-7-17)16-13(18)8-11-9-21-10-11/h11-12H,4-10H2,1-3H3,(H,16,18). The topological polar surface area (TPSA) is 58.6 Å². The molecule has 0 aliphatic carbocycles. The summed E-state index contributed by atoms with van der Waals surface area (Å²) in [5, 5.41) is 3.10. The molecule has 2 heterocycles. The van der Waals surface area contributed by atoms with Crippen LogP contribution in [0.1, 0.15) is 40.0 Å². The minimum atomic E-state index is -0.455. The van der Waals surface area contributed by atoms with Crippen LogP contribution >= 0.6 is 11.8 Å². The molecule has 120 valence electrons. The molecule has 0 atom stereocenters. The first-order chi connectivity index (χ1) is 9.83. The van der Waals surface area contributed by atoms with Gasteiger partial charge in [0.05, 0.1) is 0 Å². The van der Waals surface area contributed by atoms with Crippen molar-refractivity contribution >= 4 is 23.8 Å². The van der Waals surface area contributed by atoms with Gasteiger partial charge in [0.1, 0.15) is 5.60 Å². The maximum Gasteiger partial charge on any atom is 0.410 e. The molecule has 0 unspecified atom stereocenters. The number of nitrogens with zero attached hydrogens (tertiary/aromatic N) is 1. The van der Waals surface area contributed by atoms with Crippen molar-refractivity contribution in [3.8, 4) is 0 Å². The number of piperidine rings is 1. The van der Waals surface area contributed by atoms with Gasteiger partial charge < -0.3 is 15.0 Å². The van der Waals surface area contributed by atoms with Crippen LogP contribution in [0.25, 0.3) is 0 Å². The van der Waals surface area contributed by atoms with E-state index in [1.165, 1.54) is 0 Å². The van der Waals surface area contributed by atoms with Gasteiger partial charge in [0.15, 0.2) is 0 Å². The van der Waals surface area contributed by atoms with Crippen molar-refractivity contribution in [2.24, 2.45) is 5.92 Å². The molecule has 0 aromatic heterocycles. The average molecular weight is 314 g/mol. The second kappa shape index (κ2) is 6.90. The van der Waals surface area contributed by atoms with E-state index >= 15 is 0 Å². The Morgan fingerprint density at radius 3 is 2.33 bits per heavy atom. The molecule has 1 N–H and O–H groups in total. The number of carbonyl (C=O) groups is 2. The zero-order valence-electron chi connectivity index (χ0n) is 13.2. The second-order valence-corrected chi connectivity index (χ2v) is 7.99. The molecule has 2 amide bonds. The van der Waals surface area contributed by atoms with Gasteiger partial charge in [-0.2, -0.15) is 11.8 Å². The van der Waals surface area contributed by atoms with Gasteiger partial charge in [-0.25, -0.2) is 4.79 Å². The van der Waals surface area contributed by atoms with Crippen LogP contribution in [0.15, 0.2) is 0 Å². The highest BCUT2D eigenvalue weighted by molar-refractivity contribution is 8.00. The van der Waals surface area contributed by atoms with Crippen LogP contribution in [0, 0.1) is 5.92 Å². The van der Waals surface area contributed by atoms with Crippen LogP contribution in [0.4, 0.5) is 4.79 Å². The summed E-state index contributed by atoms with van der Waals surface area (Å²) < 4.78 is 5.37. The van der Waals surface area contributed by atoms with Gasteiger partial charge in [-0.15, -0.1) is 0 Å². The van der Waals surface area contributed by atoms with Crippen LogP contribution in [-0.4, -0.2) is 53.1 Å². The maximum absolute atomic E-state index is 11.9. The average Bonchev–Trinajstić information content (AvgIpc) is 2.32. The number of thioether (sulfide) groups is 1. The van der Waals surface area contributed by atoms with E-state index in [0.717, 1.165) is 24.3 Å². The molecule has 0 radical (unpaired) electrons. The van der Waals surface area contributed by atoms with Gasteiger partial charge in [-0.1, -0.05) is 0 Å². The predicted molar refractivity (Wildman–Crippen MR) is 84.4 cm³/mol. The van der Waals surface area contributed by atoms with E-state index in [4.69, 9.17) is 4.74 Å². The number of hydrogen-bond acceptors (Lipinski definition) is 4. The smallest absolute Gasteiger partial charge is 0.410 e. The Kier molecular flexibility index (Phi) is 5.41. The fraction of sp³-hybridized carbons (Fsp3) is 0.867. The van der Waals surface area contributed by atoms with Crippen molar-refractivity contribution < 1.29 is 14.3 Å². The van der Waals surface area contributed by atoms with Gasteiger partial charge in [-0.05, 0) is 51.0 Å². The highest BCUT2D eigenvalue weighted by Crippen LogP contribution is 2.27. The Balaban J connectivity index is 1.67. The predicted octanol–water partition coefficient (Wildman–Crippen LogP) is 2.26. The van der Waals surface area contributed by atoms with Crippen molar-refractivity contribution in [2.75, 3.05) is 24.6 Å². The first kappa shape index (κ1) is 16.5. The molecular weight excluding hydrogens is 288 g/mol. The van der Waals surface area contributed by atoms with Gasteiger partial charge >= 0.3 is 6.09 Å². The maximum atomic E-state index is 11.9. The quantitative estimate of drug-likeness (QED) is 0.868. The summed E-state index contributed by atoms with van der Waals surface area (Å²) in [5.41, 5.74) is -0.455. The summed E-state index contributed by atoms with van der Waals surface area (Å²) in [7, 11) is 0. The first-order valence-electron chi connectivity index (χ1n) is 7.68. The van der Waals surface area contributed by atoms with E-state index in [-0.39, 0.29) is 18.0 Å². The fourth-order valence-electron chi connectivity index (χ4n) is 2.48. The normalized spacial score (nSPS) is 20.8. The van der Waals surface area contributed by atoms with E-state index in [1.807, 2.05) is 32.5 Å². The monoisotopic (exact) mass is 314 g/mol. The third-order valence-electron chi connectivity index (χ3n) is 3.69. The summed E-state index contributed by atoms with van der Waals surface area (Å²) in [6.45, 7) is 6.92. The van der Waals surface area contributed by atoms with Crippen LogP contribution in [0.2, 0.25) is 0 Å². The first-order valence-corrected chi connectivity index (χ1v) is 8.84. The number of rotatable bonds is 3. The summed E-state index contributed by atoms with van der Waals surface area (Å²) in [5.74, 6) is 2.96. The molecule has 2 rings (SSSR count). The molecule has 0 spiro atoms. The zero-order valence-corrected chi connectivity index (χ0v) is 14.0. The van der Waals surface area contributed by atoms with Crippen molar-refractivity contribution in [1.82, 2.24) is 10.2 Å². The highest BCUT2D eigenvalue weighted by Gasteiger charge is 2.28. The fourth-order valence-corrected chi connectivity index (χ4v) is 3.29. The minimum absolute atomic E-state index is 0.163. The van der Waals surface area contributed by atoms with Crippen LogP contribution in [-0.2, 0) is 9.53 Å². The third-order valence-corrected chi connectivity index (χ3v) is 5.11. The summed E-state index contributed by atoms with van der Waals surface area (Å²) in [6, 6.07) is 0.198. The van der Waals surface area contributed by atoms with Gasteiger partial charge in [0, 0.05) is 25.6 Å². The van der Waals surface area contributed by atoms with Crippen LogP contribution in [0.3, 0.4) is 0 Å². The minimum Gasteiger partial charge on any atom is -0.444 e. The van der Waals surface area contributed by atoms with Crippen molar-refractivity contribution in [3.63, 3.8) is 0 Å². The van der Waals surface area contributed by atoms with E-state index in [0.29, 0.717) is 25.4 Å². The molecule has 0 aromatic carbocycles. The third kappa shape index (κ3) is 5.41. The number of likely N-dealkylation sites (tertiary alicyclic amines) is 1. The lowest BCUT2D eigenvalue weighted by molar-refractivity contribution is -0.122. The molecule has 21 heavy (non-hydrogen) atoms. The van der Waals surface area contributed by atoms with Crippen molar-refractivity contribution in [3.05, 3.63) is 0 Å². The Morgan fingerprint density at radius 1 is 1.24 bits per heavy atom. The highest BCUT2D eigenvalue weighted by atomic mass is 32.2. The molecular formula is C15H26N2O3S. The molecule has 2 aliphatic rings. The van der Waals surface area contributed by atoms with Crippen molar-refractivity contribution in [1.29, 1.82) is 0 Å². The van der Waals surface area contributed by atoms with Crippen LogP contribution in [0.5, 0.6) is 0 Å². The van der Waals surface area contributed by atoms with Gasteiger partial charge in [0.2, 0.25) is 5.91 Å². The number of nitrogens with one attached hydrogen (secondary N) is 1. The Labute approximate surface area is 131 Å². The Bertz CT molecular complexity index is 383. The van der Waals surface area contributed by atoms with Crippen molar-refractivity contribution in [2.45, 2.75) is 51.7 Å². The summed E-state index contributed by atoms with van der Waals surface area (Å²) in [6.07, 6.45) is 2.02. The molecule has 6 heteroatoms. The second-order valence-electron chi connectivity index (χ2n) is 6.92. The number of hydrogen-bond donors (Lipinski definition) is 1. The van der Waals surface area contributed by atoms with E-state index in [1.54, 1.807) is 4.90 Å². The molecule has 0 aromatic rings. The van der Waals surface area contributed by atoms with Gasteiger partial charge in [0.25, 0.3) is 0 Å². The zero-order chi connectivity index (χ0) is 15.5.